The summed E-state index contributed by atoms with van der Waals surface area (Å²) in [4.78, 5) is 51.4. The molecule has 1 aliphatic rings. The number of hydrogen-bond donors (Lipinski definition) is 3. The summed E-state index contributed by atoms with van der Waals surface area (Å²) in [7, 11) is 0. The first kappa shape index (κ1) is 77.9. The van der Waals surface area contributed by atoms with Crippen LogP contribution in [0.15, 0.2) is 134 Å². The van der Waals surface area contributed by atoms with Crippen LogP contribution in [0.5, 0.6) is 0 Å². The Kier molecular flexibility index (Phi) is 54.2. The van der Waals surface area contributed by atoms with Gasteiger partial charge >= 0.3 is 23.9 Å². The fourth-order valence-corrected chi connectivity index (χ4v) is 9.18. The van der Waals surface area contributed by atoms with E-state index in [1.807, 2.05) is 0 Å². The van der Waals surface area contributed by atoms with Gasteiger partial charge in [-0.2, -0.15) is 0 Å². The van der Waals surface area contributed by atoms with Crippen molar-refractivity contribution in [3.05, 3.63) is 134 Å². The average Bonchev–Trinajstić information content (AvgIpc) is 3.46. The van der Waals surface area contributed by atoms with E-state index < -0.39 is 67.3 Å². The summed E-state index contributed by atoms with van der Waals surface area (Å²) in [6.45, 7) is 5.71. The molecule has 85 heavy (non-hydrogen) atoms. The van der Waals surface area contributed by atoms with E-state index in [4.69, 9.17) is 23.7 Å². The van der Waals surface area contributed by atoms with Crippen molar-refractivity contribution in [1.82, 2.24) is 0 Å². The highest BCUT2D eigenvalue weighted by molar-refractivity contribution is 5.74. The van der Waals surface area contributed by atoms with Gasteiger partial charge in [-0.1, -0.05) is 231 Å². The number of aliphatic carboxylic acids is 1. The molecule has 0 aliphatic carbocycles. The Labute approximate surface area is 515 Å². The van der Waals surface area contributed by atoms with Gasteiger partial charge in [0, 0.05) is 19.3 Å². The molecule has 0 radical (unpaired) electrons. The van der Waals surface area contributed by atoms with Gasteiger partial charge in [0.2, 0.25) is 0 Å². The lowest BCUT2D eigenvalue weighted by molar-refractivity contribution is -0.301. The minimum absolute atomic E-state index is 0.0371. The zero-order chi connectivity index (χ0) is 61.7. The van der Waals surface area contributed by atoms with Crippen LogP contribution in [0.2, 0.25) is 0 Å². The van der Waals surface area contributed by atoms with Gasteiger partial charge in [-0.05, 0) is 135 Å². The standard InChI is InChI=1S/C73H116O12/c1-4-7-10-13-16-19-22-25-28-31-33-36-38-41-44-47-50-53-56-59-65(74)81-62-64(83-66(75)60-57-54-51-48-45-42-40-37-34-32-29-26-23-20-17-14-11-8-5-2)63-82-73-71(69(78)68(77)70(85-73)72(79)80)84-67(76)61-58-55-52-49-46-43-39-35-30-27-24-21-18-15-12-9-6-3/h7,9-10,12,16-21,25-30,33-34,36-37,41,44,64,68-71,73,77-78H,4-6,8,11,13-15,22-24,31-32,35,38-40,42-43,45-63H2,1-3H3,(H,79,80)/b10-7-,12-9-,19-16-,20-17-,21-18-,28-25-,29-26-,30-27-,36-33-,37-34-,44-41-. The first-order chi connectivity index (χ1) is 41.6. The van der Waals surface area contributed by atoms with Crippen molar-refractivity contribution in [2.75, 3.05) is 13.2 Å². The van der Waals surface area contributed by atoms with Crippen molar-refractivity contribution in [2.45, 2.75) is 289 Å². The Balaban J connectivity index is 2.71. The van der Waals surface area contributed by atoms with Crippen LogP contribution in [0.4, 0.5) is 0 Å². The lowest BCUT2D eigenvalue weighted by Gasteiger charge is -2.40. The number of aliphatic hydroxyl groups is 2. The summed E-state index contributed by atoms with van der Waals surface area (Å²) in [5.74, 6) is -3.20. The predicted octanol–water partition coefficient (Wildman–Crippen LogP) is 18.1. The van der Waals surface area contributed by atoms with E-state index in [0.717, 1.165) is 167 Å². The lowest BCUT2D eigenvalue weighted by Crippen LogP contribution is -2.61. The highest BCUT2D eigenvalue weighted by atomic mass is 16.7. The monoisotopic (exact) mass is 1180 g/mol. The normalized spacial score (nSPS) is 18.3. The molecule has 480 valence electrons. The van der Waals surface area contributed by atoms with E-state index in [2.05, 4.69) is 154 Å². The zero-order valence-corrected chi connectivity index (χ0v) is 53.1. The maximum absolute atomic E-state index is 13.2. The smallest absolute Gasteiger partial charge is 0.335 e. The SMILES string of the molecule is CC/C=C\C/C=C\C/C=C\C/C=C\C/C=C\CCCCCC(=O)OCC(COC1OC(C(=O)O)C(O)C(O)C1OC(=O)CCCCCCCCC/C=C\C/C=C\C/C=C\CC)OC(=O)CCCCCCCC/C=C\C/C=C\C/C=C\CCCCC. The summed E-state index contributed by atoms with van der Waals surface area (Å²) >= 11 is 0. The molecule has 0 aromatic rings. The third-order valence-electron chi connectivity index (χ3n) is 14.2. The number of carbonyl (C=O) groups is 4. The number of esters is 3. The molecule has 1 heterocycles. The lowest BCUT2D eigenvalue weighted by atomic mass is 9.98. The van der Waals surface area contributed by atoms with E-state index in [0.29, 0.717) is 19.3 Å². The molecule has 0 aromatic carbocycles. The number of carbonyl (C=O) groups excluding carboxylic acids is 3. The first-order valence-electron chi connectivity index (χ1n) is 33.2. The predicted molar refractivity (Wildman–Crippen MR) is 349 cm³/mol. The fraction of sp³-hybridized carbons (Fsp3) is 0.644. The summed E-state index contributed by atoms with van der Waals surface area (Å²) in [5.41, 5.74) is 0. The number of carboxylic acids is 1. The van der Waals surface area contributed by atoms with Crippen molar-refractivity contribution in [3.63, 3.8) is 0 Å². The van der Waals surface area contributed by atoms with E-state index >= 15 is 0 Å². The van der Waals surface area contributed by atoms with Crippen LogP contribution in [0.25, 0.3) is 0 Å². The Morgan fingerprint density at radius 2 is 0.741 bits per heavy atom. The van der Waals surface area contributed by atoms with Gasteiger partial charge in [0.25, 0.3) is 0 Å². The third kappa shape index (κ3) is 48.6. The van der Waals surface area contributed by atoms with Crippen LogP contribution in [0.1, 0.15) is 252 Å². The Bertz CT molecular complexity index is 1990. The topological polar surface area (TPSA) is 175 Å². The Morgan fingerprint density at radius 1 is 0.400 bits per heavy atom. The fourth-order valence-electron chi connectivity index (χ4n) is 9.18. The third-order valence-corrected chi connectivity index (χ3v) is 14.2. The van der Waals surface area contributed by atoms with Crippen LogP contribution < -0.4 is 0 Å². The van der Waals surface area contributed by atoms with Gasteiger partial charge in [-0.15, -0.1) is 0 Å². The van der Waals surface area contributed by atoms with Crippen molar-refractivity contribution >= 4 is 23.9 Å². The number of rotatable bonds is 55. The van der Waals surface area contributed by atoms with Crippen molar-refractivity contribution < 1.29 is 58.2 Å². The maximum atomic E-state index is 13.2. The maximum Gasteiger partial charge on any atom is 0.335 e. The van der Waals surface area contributed by atoms with Crippen LogP contribution in [0.3, 0.4) is 0 Å². The van der Waals surface area contributed by atoms with Gasteiger partial charge < -0.3 is 39.0 Å². The summed E-state index contributed by atoms with van der Waals surface area (Å²) < 4.78 is 28.5. The molecule has 12 nitrogen and oxygen atoms in total. The van der Waals surface area contributed by atoms with Gasteiger partial charge in [0.05, 0.1) is 6.61 Å². The van der Waals surface area contributed by atoms with Crippen LogP contribution >= 0.6 is 0 Å². The van der Waals surface area contributed by atoms with Crippen LogP contribution in [0, 0.1) is 0 Å². The van der Waals surface area contributed by atoms with Gasteiger partial charge in [0.15, 0.2) is 24.6 Å². The second kappa shape index (κ2) is 59.2. The Hall–Kier alpha value is -5.14. The number of unbranched alkanes of at least 4 members (excludes halogenated alkanes) is 19. The van der Waals surface area contributed by atoms with Gasteiger partial charge in [-0.25, -0.2) is 4.79 Å². The van der Waals surface area contributed by atoms with Gasteiger partial charge in [-0.3, -0.25) is 14.4 Å². The number of allylic oxidation sites excluding steroid dienone is 22. The van der Waals surface area contributed by atoms with E-state index in [1.54, 1.807) is 0 Å². The average molecular weight is 1190 g/mol. The molecule has 1 rings (SSSR count). The van der Waals surface area contributed by atoms with Crippen molar-refractivity contribution in [2.24, 2.45) is 0 Å². The molecule has 12 heteroatoms. The molecule has 6 unspecified atom stereocenters. The van der Waals surface area contributed by atoms with E-state index in [-0.39, 0.29) is 25.9 Å². The molecular weight excluding hydrogens is 1070 g/mol. The van der Waals surface area contributed by atoms with Crippen molar-refractivity contribution in [1.29, 1.82) is 0 Å². The minimum Gasteiger partial charge on any atom is -0.479 e. The molecule has 0 spiro atoms. The summed E-state index contributed by atoms with van der Waals surface area (Å²) in [6.07, 6.45) is 71.1. The molecule has 0 saturated carbocycles. The zero-order valence-electron chi connectivity index (χ0n) is 53.1. The van der Waals surface area contributed by atoms with Crippen LogP contribution in [-0.2, 0) is 42.9 Å². The molecule has 0 amide bonds. The molecule has 1 aliphatic heterocycles. The number of ether oxygens (including phenoxy) is 5. The summed E-state index contributed by atoms with van der Waals surface area (Å²) in [6, 6.07) is 0. The molecule has 1 fully saturated rings. The molecule has 1 saturated heterocycles. The quantitative estimate of drug-likeness (QED) is 0.0228. The number of hydrogen-bond acceptors (Lipinski definition) is 11. The molecular formula is C73H116O12. The second-order valence-electron chi connectivity index (χ2n) is 22.0. The van der Waals surface area contributed by atoms with E-state index in [9.17, 15) is 34.5 Å². The first-order valence-corrected chi connectivity index (χ1v) is 33.2. The second-order valence-corrected chi connectivity index (χ2v) is 22.0. The highest BCUT2D eigenvalue weighted by Crippen LogP contribution is 2.26. The molecule has 3 N–H and O–H groups in total. The summed E-state index contributed by atoms with van der Waals surface area (Å²) in [5, 5.41) is 31.6. The number of carboxylic acid groups (broad SMARTS) is 1. The van der Waals surface area contributed by atoms with E-state index in [1.165, 1.54) is 25.7 Å². The van der Waals surface area contributed by atoms with Gasteiger partial charge in [0.1, 0.15) is 18.8 Å². The molecule has 6 atom stereocenters. The molecule has 0 bridgehead atoms. The largest absolute Gasteiger partial charge is 0.479 e. The van der Waals surface area contributed by atoms with Crippen molar-refractivity contribution in [3.8, 4) is 0 Å². The Morgan fingerprint density at radius 3 is 1.14 bits per heavy atom. The minimum atomic E-state index is -1.92. The number of aliphatic hydroxyl groups excluding tert-OH is 2. The highest BCUT2D eigenvalue weighted by Gasteiger charge is 2.50. The molecule has 0 aromatic heterocycles. The van der Waals surface area contributed by atoms with Crippen LogP contribution in [-0.4, -0.2) is 89.2 Å².